The van der Waals surface area contributed by atoms with E-state index < -0.39 is 11.7 Å². The first-order valence-electron chi connectivity index (χ1n) is 5.65. The third-order valence-electron chi connectivity index (χ3n) is 2.23. The highest BCUT2D eigenvalue weighted by molar-refractivity contribution is 8.00. The largest absolute Gasteiger partial charge is 0.416 e. The van der Waals surface area contributed by atoms with Crippen molar-refractivity contribution in [2.45, 2.75) is 11.1 Å². The Labute approximate surface area is 114 Å². The Morgan fingerprint density at radius 1 is 1.32 bits per heavy atom. The molecule has 0 saturated heterocycles. The minimum absolute atomic E-state index is 0.102. The smallest absolute Gasteiger partial charge is 0.354 e. The third kappa shape index (κ3) is 5.98. The summed E-state index contributed by atoms with van der Waals surface area (Å²) in [5.74, 6) is -0.0944. The Bertz CT molecular complexity index is 424. The Kier molecular flexibility index (Phi) is 6.17. The van der Waals surface area contributed by atoms with Gasteiger partial charge >= 0.3 is 6.18 Å². The Balaban J connectivity index is 2.47. The van der Waals surface area contributed by atoms with Gasteiger partial charge in [0.2, 0.25) is 5.91 Å². The maximum Gasteiger partial charge on any atom is 0.416 e. The first-order chi connectivity index (χ1) is 8.93. The van der Waals surface area contributed by atoms with Gasteiger partial charge in [-0.3, -0.25) is 4.79 Å². The number of carbonyl (C=O) groups is 1. The lowest BCUT2D eigenvalue weighted by atomic mass is 10.2. The molecule has 0 spiro atoms. The van der Waals surface area contributed by atoms with Crippen LogP contribution in [0.4, 0.5) is 13.2 Å². The number of carbonyl (C=O) groups excluding carboxylic acids is 1. The van der Waals surface area contributed by atoms with E-state index in [9.17, 15) is 18.0 Å². The monoisotopic (exact) mass is 292 g/mol. The molecule has 0 aromatic heterocycles. The molecule has 0 bridgehead atoms. The minimum Gasteiger partial charge on any atom is -0.354 e. The minimum atomic E-state index is -4.36. The number of nitrogens with one attached hydrogen (secondary N) is 2. The zero-order chi connectivity index (χ0) is 14.3. The van der Waals surface area contributed by atoms with Crippen LogP contribution < -0.4 is 10.6 Å². The molecule has 0 fully saturated rings. The zero-order valence-electron chi connectivity index (χ0n) is 10.4. The number of likely N-dealkylation sites (N-methyl/N-ethyl adjacent to an activating group) is 1. The number of thioether (sulfide) groups is 1. The fourth-order valence-corrected chi connectivity index (χ4v) is 2.07. The van der Waals surface area contributed by atoms with Crippen LogP contribution in [0.5, 0.6) is 0 Å². The maximum atomic E-state index is 12.5. The van der Waals surface area contributed by atoms with Crippen LogP contribution in [0.1, 0.15) is 5.56 Å². The summed E-state index contributed by atoms with van der Waals surface area (Å²) >= 11 is 1.08. The van der Waals surface area contributed by atoms with Crippen molar-refractivity contribution in [1.29, 1.82) is 0 Å². The lowest BCUT2D eigenvalue weighted by molar-refractivity contribution is -0.137. The zero-order valence-corrected chi connectivity index (χ0v) is 11.2. The van der Waals surface area contributed by atoms with Crippen LogP contribution in [0.15, 0.2) is 29.2 Å². The van der Waals surface area contributed by atoms with Gasteiger partial charge in [0.05, 0.1) is 11.3 Å². The van der Waals surface area contributed by atoms with E-state index in [1.54, 1.807) is 13.1 Å². The van der Waals surface area contributed by atoms with Gasteiger partial charge in [0.1, 0.15) is 0 Å². The molecule has 1 amide bonds. The first kappa shape index (κ1) is 15.8. The number of amides is 1. The van der Waals surface area contributed by atoms with Gasteiger partial charge in [-0.1, -0.05) is 6.07 Å². The van der Waals surface area contributed by atoms with E-state index in [0.717, 1.165) is 23.9 Å². The first-order valence-corrected chi connectivity index (χ1v) is 6.63. The highest BCUT2D eigenvalue weighted by Gasteiger charge is 2.30. The van der Waals surface area contributed by atoms with Crippen LogP contribution in [0.2, 0.25) is 0 Å². The summed E-state index contributed by atoms with van der Waals surface area (Å²) in [4.78, 5) is 11.8. The van der Waals surface area contributed by atoms with Crippen LogP contribution in [0.25, 0.3) is 0 Å². The maximum absolute atomic E-state index is 12.5. The molecule has 1 aromatic rings. The number of alkyl halides is 3. The van der Waals surface area contributed by atoms with Gasteiger partial charge in [-0.05, 0) is 25.2 Å². The van der Waals surface area contributed by atoms with Crippen molar-refractivity contribution in [3.63, 3.8) is 0 Å². The Morgan fingerprint density at radius 3 is 2.68 bits per heavy atom. The van der Waals surface area contributed by atoms with Crippen LogP contribution in [-0.2, 0) is 11.0 Å². The molecule has 3 nitrogen and oxygen atoms in total. The summed E-state index contributed by atoms with van der Waals surface area (Å²) in [6, 6.07) is 4.95. The second-order valence-electron chi connectivity index (χ2n) is 3.77. The fourth-order valence-electron chi connectivity index (χ4n) is 1.29. The predicted molar refractivity (Wildman–Crippen MR) is 69.1 cm³/mol. The number of benzene rings is 1. The van der Waals surface area contributed by atoms with Gasteiger partial charge < -0.3 is 10.6 Å². The normalized spacial score (nSPS) is 11.4. The topological polar surface area (TPSA) is 41.1 Å². The van der Waals surface area contributed by atoms with Crippen molar-refractivity contribution in [3.8, 4) is 0 Å². The molecule has 1 aromatic carbocycles. The van der Waals surface area contributed by atoms with E-state index in [-0.39, 0.29) is 11.7 Å². The van der Waals surface area contributed by atoms with Crippen molar-refractivity contribution in [1.82, 2.24) is 10.6 Å². The standard InChI is InChI=1S/C12H15F3N2OS/c1-16-5-6-17-11(18)8-19-10-4-2-3-9(7-10)12(13,14)15/h2-4,7,16H,5-6,8H2,1H3,(H,17,18). The van der Waals surface area contributed by atoms with Crippen LogP contribution >= 0.6 is 11.8 Å². The Morgan fingerprint density at radius 2 is 2.05 bits per heavy atom. The van der Waals surface area contributed by atoms with E-state index in [1.165, 1.54) is 6.07 Å². The highest BCUT2D eigenvalue weighted by Crippen LogP contribution is 2.31. The van der Waals surface area contributed by atoms with Gasteiger partial charge in [0.15, 0.2) is 0 Å². The molecule has 2 N–H and O–H groups in total. The van der Waals surface area contributed by atoms with E-state index in [0.29, 0.717) is 18.0 Å². The molecule has 0 saturated carbocycles. The van der Waals surface area contributed by atoms with Crippen LogP contribution in [-0.4, -0.2) is 31.8 Å². The van der Waals surface area contributed by atoms with Crippen molar-refractivity contribution in [2.24, 2.45) is 0 Å². The average Bonchev–Trinajstić information content (AvgIpc) is 2.36. The van der Waals surface area contributed by atoms with Crippen molar-refractivity contribution in [3.05, 3.63) is 29.8 Å². The van der Waals surface area contributed by atoms with E-state index >= 15 is 0 Å². The van der Waals surface area contributed by atoms with Gasteiger partial charge in [-0.15, -0.1) is 11.8 Å². The molecule has 1 rings (SSSR count). The van der Waals surface area contributed by atoms with Gasteiger partial charge in [-0.2, -0.15) is 13.2 Å². The summed E-state index contributed by atoms with van der Waals surface area (Å²) in [5.41, 5.74) is -0.701. The molecular formula is C12H15F3N2OS. The summed E-state index contributed by atoms with van der Waals surface area (Å²) in [6.45, 7) is 1.15. The molecule has 0 aliphatic rings. The van der Waals surface area contributed by atoms with E-state index in [4.69, 9.17) is 0 Å². The second kappa shape index (κ2) is 7.40. The number of rotatable bonds is 6. The number of hydrogen-bond acceptors (Lipinski definition) is 3. The molecule has 0 radical (unpaired) electrons. The molecule has 7 heteroatoms. The molecule has 0 heterocycles. The van der Waals surface area contributed by atoms with Crippen molar-refractivity contribution < 1.29 is 18.0 Å². The summed E-state index contributed by atoms with van der Waals surface area (Å²) in [7, 11) is 1.77. The molecule has 0 atom stereocenters. The van der Waals surface area contributed by atoms with Gasteiger partial charge in [0, 0.05) is 18.0 Å². The SMILES string of the molecule is CNCCNC(=O)CSc1cccc(C(F)(F)F)c1. The quantitative estimate of drug-likeness (QED) is 0.623. The average molecular weight is 292 g/mol. The molecule has 19 heavy (non-hydrogen) atoms. The van der Waals surface area contributed by atoms with Gasteiger partial charge in [0.25, 0.3) is 0 Å². The van der Waals surface area contributed by atoms with Crippen molar-refractivity contribution >= 4 is 17.7 Å². The lowest BCUT2D eigenvalue weighted by Gasteiger charge is -2.08. The second-order valence-corrected chi connectivity index (χ2v) is 4.82. The van der Waals surface area contributed by atoms with E-state index in [2.05, 4.69) is 10.6 Å². The third-order valence-corrected chi connectivity index (χ3v) is 3.22. The number of halogens is 3. The Hall–Kier alpha value is -1.21. The lowest BCUT2D eigenvalue weighted by Crippen LogP contribution is -2.31. The molecule has 0 unspecified atom stereocenters. The number of hydrogen-bond donors (Lipinski definition) is 2. The van der Waals surface area contributed by atoms with Crippen molar-refractivity contribution in [2.75, 3.05) is 25.9 Å². The van der Waals surface area contributed by atoms with Crippen LogP contribution in [0.3, 0.4) is 0 Å². The molecule has 0 aliphatic heterocycles. The summed E-state index contributed by atoms with van der Waals surface area (Å²) in [5, 5.41) is 5.53. The molecule has 0 aliphatic carbocycles. The van der Waals surface area contributed by atoms with Gasteiger partial charge in [-0.25, -0.2) is 0 Å². The summed E-state index contributed by atoms with van der Waals surface area (Å²) < 4.78 is 37.4. The summed E-state index contributed by atoms with van der Waals surface area (Å²) in [6.07, 6.45) is -4.36. The predicted octanol–water partition coefficient (Wildman–Crippen LogP) is 2.13. The molecule has 106 valence electrons. The fraction of sp³-hybridized carbons (Fsp3) is 0.417. The highest BCUT2D eigenvalue weighted by atomic mass is 32.2. The molecular weight excluding hydrogens is 277 g/mol. The van der Waals surface area contributed by atoms with E-state index in [1.807, 2.05) is 0 Å². The van der Waals surface area contributed by atoms with Crippen LogP contribution in [0, 0.1) is 0 Å².